The smallest absolute Gasteiger partial charge is 0.306 e. The topological polar surface area (TPSA) is 111 Å². The van der Waals surface area contributed by atoms with Crippen LogP contribution in [-0.4, -0.2) is 70.0 Å². The molecule has 2 unspecified atom stereocenters. The molecule has 0 aromatic rings. The molecule has 0 saturated heterocycles. The van der Waals surface area contributed by atoms with Gasteiger partial charge in [0, 0.05) is 12.8 Å². The molecule has 0 amide bonds. The fourth-order valence-electron chi connectivity index (χ4n) is 10.4. The van der Waals surface area contributed by atoms with Crippen molar-refractivity contribution < 1.29 is 42.1 Å². The lowest BCUT2D eigenvalue weighted by Crippen LogP contribution is -2.37. The van der Waals surface area contributed by atoms with E-state index in [1.807, 2.05) is 21.1 Å². The van der Waals surface area contributed by atoms with Gasteiger partial charge in [0.15, 0.2) is 6.10 Å². The number of carbonyl (C=O) groups is 2. The number of ether oxygens (including phenoxy) is 2. The summed E-state index contributed by atoms with van der Waals surface area (Å²) < 4.78 is 34.3. The normalized spacial score (nSPS) is 14.2. The summed E-state index contributed by atoms with van der Waals surface area (Å²) >= 11 is 0. The standard InChI is InChI=1S/C92H148NO8P/c1-6-8-10-12-14-16-18-20-22-24-26-28-30-32-34-36-38-40-42-44-46-48-50-52-54-56-58-60-62-64-66-68-70-72-74-76-78-80-82-84-91(94)98-88-90(89-100-102(96,97)99-87-86-93(3,4)5)101-92(95)85-83-81-79-77-75-73-71-69-67-65-63-61-59-57-55-53-51-49-47-45-43-41-39-37-35-33-31-29-27-25-23-21-19-17-15-13-11-9-7-2/h8-11,14-17,20-23,26-29,32-35,38-41,45,47,51,53,57,59,63,65,69,71,75,77,90H,6-7,12-13,18-19,24-25,30-31,36-37,42-44,46,48-50,52,54-56,58,60-62,64,66-68,70,72-74,76,78-89H2,1-5H3/b10-8-,11-9-,16-14-,17-15-,22-20-,23-21-,28-26-,29-27-,34-32-,35-33-,40-38-,41-39-,47-45-,53-51-,59-57-,65-63-,71-69-,77-75-. The monoisotopic (exact) mass is 1430 g/mol. The lowest BCUT2D eigenvalue weighted by Gasteiger charge is -2.28. The number of phosphoric ester groups is 1. The van der Waals surface area contributed by atoms with E-state index in [4.69, 9.17) is 18.5 Å². The van der Waals surface area contributed by atoms with Crippen molar-refractivity contribution in [2.24, 2.45) is 0 Å². The number of phosphoric acid groups is 1. The molecule has 0 bridgehead atoms. The van der Waals surface area contributed by atoms with E-state index in [1.165, 1.54) is 116 Å². The first-order chi connectivity index (χ1) is 50.0. The van der Waals surface area contributed by atoms with Crippen LogP contribution < -0.4 is 4.89 Å². The minimum Gasteiger partial charge on any atom is -0.756 e. The minimum atomic E-state index is -4.67. The third-order valence-electron chi connectivity index (χ3n) is 16.5. The second kappa shape index (κ2) is 79.4. The van der Waals surface area contributed by atoms with Crippen LogP contribution in [0.4, 0.5) is 0 Å². The molecule has 0 heterocycles. The van der Waals surface area contributed by atoms with Crippen LogP contribution in [-0.2, 0) is 32.7 Å². The van der Waals surface area contributed by atoms with Gasteiger partial charge >= 0.3 is 11.9 Å². The maximum atomic E-state index is 12.9. The summed E-state index contributed by atoms with van der Waals surface area (Å²) in [7, 11) is 1.12. The molecule has 0 N–H and O–H groups in total. The van der Waals surface area contributed by atoms with Gasteiger partial charge in [-0.3, -0.25) is 14.2 Å². The van der Waals surface area contributed by atoms with Crippen LogP contribution in [0.1, 0.15) is 296 Å². The Morgan fingerprint density at radius 1 is 0.304 bits per heavy atom. The molecular weight excluding hydrogens is 1280 g/mol. The van der Waals surface area contributed by atoms with Gasteiger partial charge in [0.2, 0.25) is 0 Å². The van der Waals surface area contributed by atoms with Gasteiger partial charge in [-0.2, -0.15) is 0 Å². The van der Waals surface area contributed by atoms with Crippen LogP contribution in [0.5, 0.6) is 0 Å². The van der Waals surface area contributed by atoms with Crippen LogP contribution >= 0.6 is 7.82 Å². The zero-order valence-corrected chi connectivity index (χ0v) is 66.4. The van der Waals surface area contributed by atoms with E-state index in [-0.39, 0.29) is 26.1 Å². The van der Waals surface area contributed by atoms with E-state index in [0.717, 1.165) is 148 Å². The van der Waals surface area contributed by atoms with E-state index >= 15 is 0 Å². The molecule has 0 aromatic heterocycles. The van der Waals surface area contributed by atoms with Crippen molar-refractivity contribution in [2.75, 3.05) is 47.5 Å². The Bertz CT molecular complexity index is 2530. The SMILES string of the molecule is CC/C=C\C/C=C\C/C=C\C/C=C\C/C=C\C/C=C\C/C=C\C/C=C\C/C=C\C/C=C\C/C=C\C/C=C\CCCCC(=O)OC(COC(=O)CCCCCCCCCCCCCCCCCCCCCC/C=C\C/C=C\C/C=C\C/C=C\C/C=C\C/C=C\CC)COP(=O)([O-])OCC[N+](C)(C)C. The van der Waals surface area contributed by atoms with Crippen molar-refractivity contribution in [1.82, 2.24) is 0 Å². The average molecular weight is 1430 g/mol. The Kier molecular flexibility index (Phi) is 75.0. The maximum absolute atomic E-state index is 12.9. The molecule has 102 heavy (non-hydrogen) atoms. The minimum absolute atomic E-state index is 0.0492. The first kappa shape index (κ1) is 96.3. The van der Waals surface area contributed by atoms with Crippen molar-refractivity contribution in [3.05, 3.63) is 219 Å². The summed E-state index contributed by atoms with van der Waals surface area (Å²) in [6, 6.07) is 0. The molecule has 574 valence electrons. The maximum Gasteiger partial charge on any atom is 0.306 e. The summed E-state index contributed by atoms with van der Waals surface area (Å²) in [4.78, 5) is 38.2. The molecule has 0 spiro atoms. The average Bonchev–Trinajstić information content (AvgIpc) is 0.914. The highest BCUT2D eigenvalue weighted by Crippen LogP contribution is 2.38. The van der Waals surface area contributed by atoms with Crippen LogP contribution in [0.3, 0.4) is 0 Å². The van der Waals surface area contributed by atoms with Gasteiger partial charge in [-0.25, -0.2) is 0 Å². The third-order valence-corrected chi connectivity index (χ3v) is 17.5. The van der Waals surface area contributed by atoms with Crippen molar-refractivity contribution >= 4 is 19.8 Å². The number of unbranched alkanes of at least 4 members (excludes halogenated alkanes) is 22. The zero-order chi connectivity index (χ0) is 74.0. The molecule has 0 aliphatic rings. The largest absolute Gasteiger partial charge is 0.756 e. The quantitative estimate of drug-likeness (QED) is 0.0195. The van der Waals surface area contributed by atoms with Gasteiger partial charge in [-0.05, 0) is 154 Å². The van der Waals surface area contributed by atoms with Crippen molar-refractivity contribution in [3.63, 3.8) is 0 Å². The number of hydrogen-bond donors (Lipinski definition) is 0. The Morgan fingerprint density at radius 2 is 0.529 bits per heavy atom. The molecule has 9 nitrogen and oxygen atoms in total. The lowest BCUT2D eigenvalue weighted by atomic mass is 10.0. The molecule has 0 aliphatic heterocycles. The molecular formula is C92H148NO8P. The number of nitrogens with zero attached hydrogens (tertiary/aromatic N) is 1. The number of esters is 2. The summed E-state index contributed by atoms with van der Waals surface area (Å²) in [6.45, 7) is 3.95. The second-order valence-electron chi connectivity index (χ2n) is 27.3. The van der Waals surface area contributed by atoms with Crippen LogP contribution in [0.15, 0.2) is 219 Å². The van der Waals surface area contributed by atoms with Crippen molar-refractivity contribution in [2.45, 2.75) is 302 Å². The van der Waals surface area contributed by atoms with Gasteiger partial charge in [0.25, 0.3) is 7.82 Å². The first-order valence-corrected chi connectivity index (χ1v) is 41.9. The molecule has 2 atom stereocenters. The lowest BCUT2D eigenvalue weighted by molar-refractivity contribution is -0.870. The Balaban J connectivity index is 4.10. The molecule has 0 aromatic carbocycles. The highest BCUT2D eigenvalue weighted by molar-refractivity contribution is 7.45. The number of rotatable bonds is 72. The fourth-order valence-corrected chi connectivity index (χ4v) is 11.1. The van der Waals surface area contributed by atoms with Gasteiger partial charge < -0.3 is 27.9 Å². The number of quaternary nitrogens is 1. The summed E-state index contributed by atoms with van der Waals surface area (Å²) in [6.07, 6.45) is 126. The Hall–Kier alpha value is -5.67. The number of carbonyl (C=O) groups excluding carboxylic acids is 2. The third kappa shape index (κ3) is 83.3. The Morgan fingerprint density at radius 3 is 0.804 bits per heavy atom. The fraction of sp³-hybridized carbons (Fsp3) is 0.587. The molecule has 10 heteroatoms. The molecule has 0 saturated carbocycles. The van der Waals surface area contributed by atoms with Gasteiger partial charge in [0.05, 0.1) is 27.7 Å². The summed E-state index contributed by atoms with van der Waals surface area (Å²) in [5.41, 5.74) is 0. The van der Waals surface area contributed by atoms with Crippen molar-refractivity contribution in [3.8, 4) is 0 Å². The summed E-state index contributed by atoms with van der Waals surface area (Å²) in [5, 5.41) is 0. The predicted octanol–water partition coefficient (Wildman–Crippen LogP) is 26.9. The number of likely N-dealkylation sites (N-methyl/N-ethyl adjacent to an activating group) is 1. The van der Waals surface area contributed by atoms with Gasteiger partial charge in [0.1, 0.15) is 19.8 Å². The van der Waals surface area contributed by atoms with E-state index < -0.39 is 32.5 Å². The second-order valence-corrected chi connectivity index (χ2v) is 28.7. The van der Waals surface area contributed by atoms with Gasteiger partial charge in [-0.1, -0.05) is 348 Å². The van der Waals surface area contributed by atoms with E-state index in [0.29, 0.717) is 17.4 Å². The van der Waals surface area contributed by atoms with E-state index in [1.54, 1.807) is 0 Å². The number of allylic oxidation sites excluding steroid dienone is 36. The van der Waals surface area contributed by atoms with Gasteiger partial charge in [-0.15, -0.1) is 0 Å². The molecule has 0 aliphatic carbocycles. The van der Waals surface area contributed by atoms with E-state index in [9.17, 15) is 19.0 Å². The van der Waals surface area contributed by atoms with Crippen molar-refractivity contribution in [1.29, 1.82) is 0 Å². The summed E-state index contributed by atoms with van der Waals surface area (Å²) in [5.74, 6) is -0.891. The van der Waals surface area contributed by atoms with Crippen LogP contribution in [0.2, 0.25) is 0 Å². The predicted molar refractivity (Wildman–Crippen MR) is 442 cm³/mol. The first-order valence-electron chi connectivity index (χ1n) is 40.4. The highest BCUT2D eigenvalue weighted by Gasteiger charge is 2.22. The van der Waals surface area contributed by atoms with Crippen LogP contribution in [0.25, 0.3) is 0 Å². The zero-order valence-electron chi connectivity index (χ0n) is 65.5. The van der Waals surface area contributed by atoms with Crippen LogP contribution in [0, 0.1) is 0 Å². The van der Waals surface area contributed by atoms with E-state index in [2.05, 4.69) is 233 Å². The molecule has 0 fully saturated rings. The molecule has 0 radical (unpaired) electrons. The molecule has 0 rings (SSSR count). The number of hydrogen-bond acceptors (Lipinski definition) is 8. The Labute approximate surface area is 627 Å². The highest BCUT2D eigenvalue weighted by atomic mass is 31.2.